The summed E-state index contributed by atoms with van der Waals surface area (Å²) in [7, 11) is 0. The molecular weight excluding hydrogens is 392 g/mol. The Bertz CT molecular complexity index is 756. The lowest BCUT2D eigenvalue weighted by atomic mass is 9.78. The van der Waals surface area contributed by atoms with E-state index >= 15 is 0 Å². The Hall–Kier alpha value is -1.86. The quantitative estimate of drug-likeness (QED) is 0.596. The maximum absolute atomic E-state index is 13.0. The van der Waals surface area contributed by atoms with Gasteiger partial charge in [-0.3, -0.25) is 14.9 Å². The lowest BCUT2D eigenvalue weighted by molar-refractivity contribution is -0.384. The Morgan fingerprint density at radius 1 is 1.24 bits per heavy atom. The fourth-order valence-electron chi connectivity index (χ4n) is 5.07. The minimum absolute atomic E-state index is 0. The van der Waals surface area contributed by atoms with Gasteiger partial charge < -0.3 is 15.1 Å². The van der Waals surface area contributed by atoms with Crippen molar-refractivity contribution in [3.05, 3.63) is 33.9 Å². The number of carbonyl (C=O) groups is 1. The second-order valence-electron chi connectivity index (χ2n) is 8.87. The molecule has 3 aliphatic heterocycles. The van der Waals surface area contributed by atoms with Crippen LogP contribution in [0.3, 0.4) is 0 Å². The van der Waals surface area contributed by atoms with Crippen molar-refractivity contribution >= 4 is 29.7 Å². The van der Waals surface area contributed by atoms with Gasteiger partial charge in [0.1, 0.15) is 5.69 Å². The third kappa shape index (κ3) is 4.51. The van der Waals surface area contributed by atoms with Gasteiger partial charge in [0.25, 0.3) is 11.6 Å². The molecule has 0 aliphatic carbocycles. The number of hydrogen-bond acceptors (Lipinski definition) is 5. The second kappa shape index (κ2) is 8.88. The SMILES string of the molecule is CC1CCCN(c2ccc(C(=O)N3CCC4(CCNC4)CC3)cc2[N+](=O)[O-])C1.Cl. The first kappa shape index (κ1) is 21.8. The van der Waals surface area contributed by atoms with Crippen molar-refractivity contribution in [2.75, 3.05) is 44.2 Å². The van der Waals surface area contributed by atoms with E-state index in [1.807, 2.05) is 4.90 Å². The van der Waals surface area contributed by atoms with Crippen molar-refractivity contribution < 1.29 is 9.72 Å². The Kier molecular flexibility index (Phi) is 6.69. The molecule has 1 atom stereocenters. The van der Waals surface area contributed by atoms with Crippen LogP contribution in [0.1, 0.15) is 49.4 Å². The average Bonchev–Trinajstić information content (AvgIpc) is 3.15. The zero-order valence-electron chi connectivity index (χ0n) is 17.1. The summed E-state index contributed by atoms with van der Waals surface area (Å²) in [6.07, 6.45) is 5.41. The predicted octanol–water partition coefficient (Wildman–Crippen LogP) is 3.47. The fraction of sp³-hybridized carbons (Fsp3) is 0.667. The Balaban J connectivity index is 0.00000240. The van der Waals surface area contributed by atoms with Crippen molar-refractivity contribution in [1.29, 1.82) is 0 Å². The highest BCUT2D eigenvalue weighted by Gasteiger charge is 2.38. The number of anilines is 1. The van der Waals surface area contributed by atoms with Crippen LogP contribution in [0.2, 0.25) is 0 Å². The molecule has 1 aromatic rings. The van der Waals surface area contributed by atoms with E-state index in [2.05, 4.69) is 17.1 Å². The first-order valence-electron chi connectivity index (χ1n) is 10.5. The Labute approximate surface area is 178 Å². The van der Waals surface area contributed by atoms with Crippen molar-refractivity contribution in [2.24, 2.45) is 11.3 Å². The number of rotatable bonds is 3. The van der Waals surface area contributed by atoms with E-state index < -0.39 is 0 Å². The monoisotopic (exact) mass is 422 g/mol. The van der Waals surface area contributed by atoms with Crippen LogP contribution >= 0.6 is 12.4 Å². The molecule has 0 radical (unpaired) electrons. The first-order chi connectivity index (χ1) is 13.5. The molecule has 1 N–H and O–H groups in total. The minimum atomic E-state index is -0.346. The molecule has 3 aliphatic rings. The molecule has 0 aromatic heterocycles. The summed E-state index contributed by atoms with van der Waals surface area (Å²) in [6.45, 7) is 7.43. The summed E-state index contributed by atoms with van der Waals surface area (Å²) in [5, 5.41) is 15.1. The van der Waals surface area contributed by atoms with E-state index in [0.29, 0.717) is 22.6 Å². The van der Waals surface area contributed by atoms with Gasteiger partial charge in [0.2, 0.25) is 0 Å². The fourth-order valence-corrected chi connectivity index (χ4v) is 5.07. The lowest BCUT2D eigenvalue weighted by Crippen LogP contribution is -2.44. The topological polar surface area (TPSA) is 78.7 Å². The number of piperidine rings is 2. The van der Waals surface area contributed by atoms with Crippen molar-refractivity contribution in [2.45, 2.75) is 39.0 Å². The third-order valence-electron chi connectivity index (χ3n) is 6.86. The average molecular weight is 423 g/mol. The van der Waals surface area contributed by atoms with Crippen LogP contribution in [0.15, 0.2) is 18.2 Å². The van der Waals surface area contributed by atoms with E-state index in [1.165, 1.54) is 12.5 Å². The number of nitro benzene ring substituents is 1. The standard InChI is InChI=1S/C21H30N4O3.ClH/c1-16-3-2-10-24(14-16)18-5-4-17(13-19(18)25(27)28)20(26)23-11-7-21(8-12-23)6-9-22-15-21;/h4-5,13,16,22H,2-3,6-12,14-15H2,1H3;1H. The predicted molar refractivity (Wildman–Crippen MR) is 116 cm³/mol. The van der Waals surface area contributed by atoms with Gasteiger partial charge in [0, 0.05) is 44.4 Å². The highest BCUT2D eigenvalue weighted by molar-refractivity contribution is 5.96. The van der Waals surface area contributed by atoms with Crippen LogP contribution in [0.25, 0.3) is 0 Å². The molecule has 1 spiro atoms. The normalized spacial score (nSPS) is 23.7. The van der Waals surface area contributed by atoms with E-state index in [-0.39, 0.29) is 28.9 Å². The molecule has 29 heavy (non-hydrogen) atoms. The molecule has 7 nitrogen and oxygen atoms in total. The maximum Gasteiger partial charge on any atom is 0.293 e. The van der Waals surface area contributed by atoms with Gasteiger partial charge in [-0.05, 0) is 62.1 Å². The van der Waals surface area contributed by atoms with Gasteiger partial charge in [-0.1, -0.05) is 6.92 Å². The van der Waals surface area contributed by atoms with Crippen molar-refractivity contribution in [3.63, 3.8) is 0 Å². The number of carbonyl (C=O) groups excluding carboxylic acids is 1. The maximum atomic E-state index is 13.0. The first-order valence-corrected chi connectivity index (χ1v) is 10.5. The minimum Gasteiger partial charge on any atom is -0.366 e. The van der Waals surface area contributed by atoms with Gasteiger partial charge >= 0.3 is 0 Å². The number of nitrogens with zero attached hydrogens (tertiary/aromatic N) is 3. The number of amides is 1. The smallest absolute Gasteiger partial charge is 0.293 e. The van der Waals surface area contributed by atoms with Gasteiger partial charge in [-0.2, -0.15) is 0 Å². The zero-order chi connectivity index (χ0) is 19.7. The third-order valence-corrected chi connectivity index (χ3v) is 6.86. The molecule has 8 heteroatoms. The largest absolute Gasteiger partial charge is 0.366 e. The van der Waals surface area contributed by atoms with E-state index in [0.717, 1.165) is 65.0 Å². The van der Waals surface area contributed by atoms with Crippen LogP contribution in [0, 0.1) is 21.4 Å². The number of nitro groups is 1. The summed E-state index contributed by atoms with van der Waals surface area (Å²) in [5.74, 6) is 0.447. The highest BCUT2D eigenvalue weighted by Crippen LogP contribution is 2.38. The van der Waals surface area contributed by atoms with E-state index in [9.17, 15) is 14.9 Å². The molecule has 1 amide bonds. The van der Waals surface area contributed by atoms with Crippen LogP contribution in [-0.4, -0.2) is 55.0 Å². The zero-order valence-corrected chi connectivity index (χ0v) is 17.9. The van der Waals surface area contributed by atoms with Gasteiger partial charge in [-0.15, -0.1) is 12.4 Å². The molecule has 0 saturated carbocycles. The number of hydrogen-bond donors (Lipinski definition) is 1. The Morgan fingerprint density at radius 3 is 2.62 bits per heavy atom. The molecule has 160 valence electrons. The molecular formula is C21H31ClN4O3. The van der Waals surface area contributed by atoms with Crippen LogP contribution in [-0.2, 0) is 0 Å². The van der Waals surface area contributed by atoms with E-state index in [4.69, 9.17) is 0 Å². The van der Waals surface area contributed by atoms with Crippen molar-refractivity contribution in [3.8, 4) is 0 Å². The summed E-state index contributed by atoms with van der Waals surface area (Å²) in [4.78, 5) is 28.3. The summed E-state index contributed by atoms with van der Waals surface area (Å²) >= 11 is 0. The highest BCUT2D eigenvalue weighted by atomic mass is 35.5. The number of nitrogens with one attached hydrogen (secondary N) is 1. The summed E-state index contributed by atoms with van der Waals surface area (Å²) in [6, 6.07) is 5.03. The lowest BCUT2D eigenvalue weighted by Gasteiger charge is -2.39. The van der Waals surface area contributed by atoms with Gasteiger partial charge in [0.15, 0.2) is 0 Å². The molecule has 3 saturated heterocycles. The molecule has 3 heterocycles. The van der Waals surface area contributed by atoms with E-state index in [1.54, 1.807) is 12.1 Å². The van der Waals surface area contributed by atoms with Crippen LogP contribution in [0.4, 0.5) is 11.4 Å². The number of likely N-dealkylation sites (tertiary alicyclic amines) is 1. The number of halogens is 1. The Morgan fingerprint density at radius 2 is 2.00 bits per heavy atom. The molecule has 3 fully saturated rings. The second-order valence-corrected chi connectivity index (χ2v) is 8.87. The molecule has 0 bridgehead atoms. The van der Waals surface area contributed by atoms with Crippen molar-refractivity contribution in [1.82, 2.24) is 10.2 Å². The molecule has 1 unspecified atom stereocenters. The summed E-state index contributed by atoms with van der Waals surface area (Å²) < 4.78 is 0. The van der Waals surface area contributed by atoms with Gasteiger partial charge in [0.05, 0.1) is 4.92 Å². The van der Waals surface area contributed by atoms with Gasteiger partial charge in [-0.25, -0.2) is 0 Å². The molecule has 1 aromatic carbocycles. The number of benzene rings is 1. The van der Waals surface area contributed by atoms with Crippen LogP contribution in [0.5, 0.6) is 0 Å². The molecule has 4 rings (SSSR count). The van der Waals surface area contributed by atoms with Crippen LogP contribution < -0.4 is 10.2 Å². The summed E-state index contributed by atoms with van der Waals surface area (Å²) in [5.41, 5.74) is 1.47.